The number of nitrogens with one attached hydrogen (secondary N) is 1. The van der Waals surface area contributed by atoms with E-state index in [1.807, 2.05) is 0 Å². The molecule has 1 aromatic rings. The van der Waals surface area contributed by atoms with Crippen LogP contribution in [0.3, 0.4) is 0 Å². The summed E-state index contributed by atoms with van der Waals surface area (Å²) in [6.07, 6.45) is 4.54. The van der Waals surface area contributed by atoms with Crippen LogP contribution in [0.4, 0.5) is 5.82 Å². The van der Waals surface area contributed by atoms with Crippen molar-refractivity contribution in [3.63, 3.8) is 0 Å². The molecule has 0 spiro atoms. The first-order valence-electron chi connectivity index (χ1n) is 7.09. The summed E-state index contributed by atoms with van der Waals surface area (Å²) >= 11 is 0. The van der Waals surface area contributed by atoms with E-state index in [1.165, 1.54) is 12.8 Å². The highest BCUT2D eigenvalue weighted by molar-refractivity contribution is 5.37. The van der Waals surface area contributed by atoms with Crippen LogP contribution in [0.2, 0.25) is 0 Å². The predicted molar refractivity (Wildman–Crippen MR) is 78.1 cm³/mol. The molecule has 1 aromatic heterocycles. The number of unbranched alkanes of at least 4 members (excludes halogenated alkanes) is 1. The zero-order valence-corrected chi connectivity index (χ0v) is 12.5. The molecule has 0 fully saturated rings. The lowest BCUT2D eigenvalue weighted by molar-refractivity contribution is 0.541. The quantitative estimate of drug-likeness (QED) is 0.830. The van der Waals surface area contributed by atoms with Gasteiger partial charge in [-0.05, 0) is 19.3 Å². The largest absolute Gasteiger partial charge is 0.370 e. The average Bonchev–Trinajstić information content (AvgIpc) is 2.32. The first-order valence-corrected chi connectivity index (χ1v) is 7.09. The number of hydrogen-bond donors (Lipinski definition) is 1. The van der Waals surface area contributed by atoms with Gasteiger partial charge in [-0.2, -0.15) is 0 Å². The Hall–Kier alpha value is -1.12. The summed E-state index contributed by atoms with van der Waals surface area (Å²) in [5.74, 6) is 1.91. The van der Waals surface area contributed by atoms with E-state index in [4.69, 9.17) is 4.98 Å². The maximum Gasteiger partial charge on any atom is 0.136 e. The summed E-state index contributed by atoms with van der Waals surface area (Å²) in [6, 6.07) is 2.10. The predicted octanol–water partition coefficient (Wildman–Crippen LogP) is 3.94. The standard InChI is InChI=1S/C15H27N3/c1-6-8-9-12-11-13(16-10-7-2)18-14(17-12)15(3,4)5/h11H,6-10H2,1-5H3,(H,16,17,18). The molecule has 3 heteroatoms. The van der Waals surface area contributed by atoms with Crippen molar-refractivity contribution in [1.29, 1.82) is 0 Å². The Kier molecular flexibility index (Phi) is 5.57. The lowest BCUT2D eigenvalue weighted by Crippen LogP contribution is -2.18. The molecule has 0 aliphatic heterocycles. The number of anilines is 1. The van der Waals surface area contributed by atoms with Crippen molar-refractivity contribution < 1.29 is 0 Å². The van der Waals surface area contributed by atoms with Gasteiger partial charge >= 0.3 is 0 Å². The Bertz CT molecular complexity index is 340. The van der Waals surface area contributed by atoms with Crippen LogP contribution in [0.1, 0.15) is 65.4 Å². The molecule has 0 aromatic carbocycles. The normalized spacial score (nSPS) is 11.6. The zero-order chi connectivity index (χ0) is 13.6. The second-order valence-electron chi connectivity index (χ2n) is 5.85. The molecular weight excluding hydrogens is 222 g/mol. The third kappa shape index (κ3) is 4.63. The fraction of sp³-hybridized carbons (Fsp3) is 0.733. The molecule has 0 unspecified atom stereocenters. The van der Waals surface area contributed by atoms with Crippen LogP contribution in [0, 0.1) is 0 Å². The molecule has 0 atom stereocenters. The van der Waals surface area contributed by atoms with E-state index in [2.05, 4.69) is 51.0 Å². The molecule has 3 nitrogen and oxygen atoms in total. The molecule has 0 bridgehead atoms. The highest BCUT2D eigenvalue weighted by atomic mass is 15.0. The summed E-state index contributed by atoms with van der Waals surface area (Å²) in [5, 5.41) is 3.37. The topological polar surface area (TPSA) is 37.8 Å². The van der Waals surface area contributed by atoms with Crippen LogP contribution in [0.15, 0.2) is 6.07 Å². The molecular formula is C15H27N3. The lowest BCUT2D eigenvalue weighted by Gasteiger charge is -2.19. The third-order valence-corrected chi connectivity index (χ3v) is 2.79. The number of hydrogen-bond acceptors (Lipinski definition) is 3. The van der Waals surface area contributed by atoms with Crippen molar-refractivity contribution in [3.05, 3.63) is 17.6 Å². The fourth-order valence-electron chi connectivity index (χ4n) is 1.66. The highest BCUT2D eigenvalue weighted by Crippen LogP contribution is 2.21. The smallest absolute Gasteiger partial charge is 0.136 e. The Balaban J connectivity index is 2.96. The number of nitrogens with zero attached hydrogens (tertiary/aromatic N) is 2. The first kappa shape index (κ1) is 14.9. The molecule has 0 amide bonds. The monoisotopic (exact) mass is 249 g/mol. The molecule has 1 heterocycles. The van der Waals surface area contributed by atoms with Gasteiger partial charge in [0.2, 0.25) is 0 Å². The zero-order valence-electron chi connectivity index (χ0n) is 12.5. The van der Waals surface area contributed by atoms with E-state index in [1.54, 1.807) is 0 Å². The molecule has 1 N–H and O–H groups in total. The minimum atomic E-state index is 0.00483. The Morgan fingerprint density at radius 1 is 1.11 bits per heavy atom. The Morgan fingerprint density at radius 3 is 2.39 bits per heavy atom. The van der Waals surface area contributed by atoms with Crippen molar-refractivity contribution >= 4 is 5.82 Å². The molecule has 0 saturated heterocycles. The van der Waals surface area contributed by atoms with Gasteiger partial charge in [-0.25, -0.2) is 9.97 Å². The molecule has 0 aliphatic rings. The molecule has 0 saturated carbocycles. The molecule has 1 rings (SSSR count). The van der Waals surface area contributed by atoms with E-state index in [0.29, 0.717) is 0 Å². The second kappa shape index (κ2) is 6.72. The van der Waals surface area contributed by atoms with Crippen LogP contribution in [0.5, 0.6) is 0 Å². The minimum absolute atomic E-state index is 0.00483. The maximum absolute atomic E-state index is 4.70. The maximum atomic E-state index is 4.70. The number of rotatable bonds is 6. The lowest BCUT2D eigenvalue weighted by atomic mass is 9.95. The van der Waals surface area contributed by atoms with E-state index in [0.717, 1.165) is 36.7 Å². The van der Waals surface area contributed by atoms with Gasteiger partial charge in [0, 0.05) is 23.7 Å². The van der Waals surface area contributed by atoms with Crippen molar-refractivity contribution in [2.45, 2.75) is 65.7 Å². The first-order chi connectivity index (χ1) is 8.47. The molecule has 0 aliphatic carbocycles. The summed E-state index contributed by atoms with van der Waals surface area (Å²) in [4.78, 5) is 9.33. The van der Waals surface area contributed by atoms with E-state index >= 15 is 0 Å². The van der Waals surface area contributed by atoms with E-state index < -0.39 is 0 Å². The van der Waals surface area contributed by atoms with Gasteiger partial charge in [0.25, 0.3) is 0 Å². The summed E-state index contributed by atoms with van der Waals surface area (Å²) in [5.41, 5.74) is 1.17. The van der Waals surface area contributed by atoms with Gasteiger partial charge in [-0.3, -0.25) is 0 Å². The number of aryl methyl sites for hydroxylation is 1. The Labute approximate surface area is 111 Å². The highest BCUT2D eigenvalue weighted by Gasteiger charge is 2.18. The van der Waals surface area contributed by atoms with Gasteiger partial charge in [0.05, 0.1) is 0 Å². The third-order valence-electron chi connectivity index (χ3n) is 2.79. The van der Waals surface area contributed by atoms with Gasteiger partial charge < -0.3 is 5.32 Å². The minimum Gasteiger partial charge on any atom is -0.370 e. The van der Waals surface area contributed by atoms with Crippen molar-refractivity contribution in [3.8, 4) is 0 Å². The number of aromatic nitrogens is 2. The van der Waals surface area contributed by atoms with Crippen LogP contribution in [0.25, 0.3) is 0 Å². The molecule has 0 radical (unpaired) electrons. The molecule has 18 heavy (non-hydrogen) atoms. The summed E-state index contributed by atoms with van der Waals surface area (Å²) < 4.78 is 0. The summed E-state index contributed by atoms with van der Waals surface area (Å²) in [7, 11) is 0. The van der Waals surface area contributed by atoms with Gasteiger partial charge in [-0.15, -0.1) is 0 Å². The van der Waals surface area contributed by atoms with Crippen LogP contribution >= 0.6 is 0 Å². The van der Waals surface area contributed by atoms with Gasteiger partial charge in [-0.1, -0.05) is 41.0 Å². The Morgan fingerprint density at radius 2 is 1.83 bits per heavy atom. The van der Waals surface area contributed by atoms with Crippen LogP contribution in [-0.2, 0) is 11.8 Å². The van der Waals surface area contributed by atoms with E-state index in [-0.39, 0.29) is 5.41 Å². The van der Waals surface area contributed by atoms with Crippen molar-refractivity contribution in [1.82, 2.24) is 9.97 Å². The van der Waals surface area contributed by atoms with Gasteiger partial charge in [0.1, 0.15) is 11.6 Å². The van der Waals surface area contributed by atoms with Gasteiger partial charge in [0.15, 0.2) is 0 Å². The van der Waals surface area contributed by atoms with Crippen LogP contribution in [-0.4, -0.2) is 16.5 Å². The summed E-state index contributed by atoms with van der Waals surface area (Å²) in [6.45, 7) is 11.8. The van der Waals surface area contributed by atoms with Crippen molar-refractivity contribution in [2.24, 2.45) is 0 Å². The average molecular weight is 249 g/mol. The SMILES string of the molecule is CCCCc1cc(NCCC)nc(C(C)(C)C)n1. The fourth-order valence-corrected chi connectivity index (χ4v) is 1.66. The van der Waals surface area contributed by atoms with E-state index in [9.17, 15) is 0 Å². The molecule has 102 valence electrons. The second-order valence-corrected chi connectivity index (χ2v) is 5.85. The van der Waals surface area contributed by atoms with Crippen LogP contribution < -0.4 is 5.32 Å². The van der Waals surface area contributed by atoms with Crippen molar-refractivity contribution in [2.75, 3.05) is 11.9 Å².